The van der Waals surface area contributed by atoms with Crippen LogP contribution < -0.4 is 0 Å². The van der Waals surface area contributed by atoms with E-state index in [0.29, 0.717) is 5.92 Å². The summed E-state index contributed by atoms with van der Waals surface area (Å²) < 4.78 is 5.20. The average molecular weight is 144 g/mol. The summed E-state index contributed by atoms with van der Waals surface area (Å²) >= 11 is 0. The third kappa shape index (κ3) is 2.67. The summed E-state index contributed by atoms with van der Waals surface area (Å²) in [6, 6.07) is 0. The Morgan fingerprint density at radius 1 is 1.50 bits per heavy atom. The number of ether oxygens (including phenoxy) is 1. The molecule has 10 heavy (non-hydrogen) atoms. The molecule has 2 nitrogen and oxygen atoms in total. The van der Waals surface area contributed by atoms with E-state index in [9.17, 15) is 0 Å². The summed E-state index contributed by atoms with van der Waals surface area (Å²) in [5.74, 6) is 0.703. The maximum atomic E-state index is 9.06. The fourth-order valence-electron chi connectivity index (χ4n) is 1.46. The molecule has 1 aliphatic heterocycles. The SMILES string of the molecule is C[C@@H](O)CC1CCOCC1. The normalized spacial score (nSPS) is 24.6. The molecule has 1 heterocycles. The molecule has 0 aromatic heterocycles. The Morgan fingerprint density at radius 3 is 2.60 bits per heavy atom. The number of aliphatic hydroxyl groups is 1. The first-order valence-electron chi connectivity index (χ1n) is 4.05. The molecule has 0 unspecified atom stereocenters. The van der Waals surface area contributed by atoms with E-state index in [1.807, 2.05) is 6.92 Å². The minimum absolute atomic E-state index is 0.136. The predicted octanol–water partition coefficient (Wildman–Crippen LogP) is 1.18. The lowest BCUT2D eigenvalue weighted by Gasteiger charge is -2.22. The molecule has 0 radical (unpaired) electrons. The quantitative estimate of drug-likeness (QED) is 0.630. The van der Waals surface area contributed by atoms with Gasteiger partial charge in [-0.2, -0.15) is 0 Å². The minimum atomic E-state index is -0.136. The highest BCUT2D eigenvalue weighted by molar-refractivity contribution is 4.65. The number of hydrogen-bond donors (Lipinski definition) is 1. The molecule has 1 atom stereocenters. The van der Waals surface area contributed by atoms with Crippen LogP contribution >= 0.6 is 0 Å². The molecule has 0 saturated carbocycles. The van der Waals surface area contributed by atoms with Crippen LogP contribution in [0.4, 0.5) is 0 Å². The molecule has 0 aliphatic carbocycles. The van der Waals surface area contributed by atoms with Crippen LogP contribution in [0.1, 0.15) is 26.2 Å². The molecule has 0 aromatic carbocycles. The lowest BCUT2D eigenvalue weighted by Crippen LogP contribution is -2.19. The topological polar surface area (TPSA) is 29.5 Å². The van der Waals surface area contributed by atoms with Crippen LogP contribution in [0.3, 0.4) is 0 Å². The fourth-order valence-corrected chi connectivity index (χ4v) is 1.46. The highest BCUT2D eigenvalue weighted by Gasteiger charge is 2.14. The van der Waals surface area contributed by atoms with Crippen molar-refractivity contribution in [1.29, 1.82) is 0 Å². The van der Waals surface area contributed by atoms with Gasteiger partial charge in [-0.25, -0.2) is 0 Å². The van der Waals surface area contributed by atoms with Crippen LogP contribution in [-0.4, -0.2) is 24.4 Å². The molecule has 1 rings (SSSR count). The Kier molecular flexibility index (Phi) is 3.16. The van der Waals surface area contributed by atoms with Gasteiger partial charge in [-0.3, -0.25) is 0 Å². The van der Waals surface area contributed by atoms with Crippen molar-refractivity contribution in [2.75, 3.05) is 13.2 Å². The van der Waals surface area contributed by atoms with Crippen molar-refractivity contribution in [1.82, 2.24) is 0 Å². The van der Waals surface area contributed by atoms with Gasteiger partial charge in [0.05, 0.1) is 6.10 Å². The van der Waals surface area contributed by atoms with E-state index in [2.05, 4.69) is 0 Å². The third-order valence-corrected chi connectivity index (χ3v) is 2.02. The van der Waals surface area contributed by atoms with E-state index < -0.39 is 0 Å². The zero-order chi connectivity index (χ0) is 7.40. The second kappa shape index (κ2) is 3.94. The van der Waals surface area contributed by atoms with Crippen LogP contribution in [0.25, 0.3) is 0 Å². The van der Waals surface area contributed by atoms with Gasteiger partial charge in [-0.1, -0.05) is 0 Å². The molecule has 1 saturated heterocycles. The maximum absolute atomic E-state index is 9.06. The fraction of sp³-hybridized carbons (Fsp3) is 1.00. The first kappa shape index (κ1) is 8.02. The van der Waals surface area contributed by atoms with Gasteiger partial charge < -0.3 is 9.84 Å². The Labute approximate surface area is 62.2 Å². The highest BCUT2D eigenvalue weighted by Crippen LogP contribution is 2.19. The lowest BCUT2D eigenvalue weighted by molar-refractivity contribution is 0.0471. The van der Waals surface area contributed by atoms with Crippen LogP contribution in [0.15, 0.2) is 0 Å². The van der Waals surface area contributed by atoms with Crippen molar-refractivity contribution < 1.29 is 9.84 Å². The second-order valence-electron chi connectivity index (χ2n) is 3.14. The summed E-state index contributed by atoms with van der Waals surface area (Å²) in [6.45, 7) is 3.63. The van der Waals surface area contributed by atoms with Crippen molar-refractivity contribution in [3.05, 3.63) is 0 Å². The lowest BCUT2D eigenvalue weighted by atomic mass is 9.94. The molecule has 1 N–H and O–H groups in total. The van der Waals surface area contributed by atoms with Gasteiger partial charge in [0.25, 0.3) is 0 Å². The molecule has 2 heteroatoms. The van der Waals surface area contributed by atoms with E-state index in [4.69, 9.17) is 9.84 Å². The molecule has 0 bridgehead atoms. The van der Waals surface area contributed by atoms with Gasteiger partial charge in [0.15, 0.2) is 0 Å². The molecule has 0 amide bonds. The summed E-state index contributed by atoms with van der Waals surface area (Å²) in [5.41, 5.74) is 0. The van der Waals surface area contributed by atoms with Crippen molar-refractivity contribution in [2.24, 2.45) is 5.92 Å². The molecule has 1 aliphatic rings. The van der Waals surface area contributed by atoms with Gasteiger partial charge in [0, 0.05) is 13.2 Å². The van der Waals surface area contributed by atoms with Crippen LogP contribution in [0.5, 0.6) is 0 Å². The van der Waals surface area contributed by atoms with Gasteiger partial charge in [0.1, 0.15) is 0 Å². The third-order valence-electron chi connectivity index (χ3n) is 2.02. The summed E-state index contributed by atoms with van der Waals surface area (Å²) in [5, 5.41) is 9.06. The Morgan fingerprint density at radius 2 is 2.10 bits per heavy atom. The first-order valence-corrected chi connectivity index (χ1v) is 4.05. The minimum Gasteiger partial charge on any atom is -0.393 e. The Balaban J connectivity index is 2.13. The van der Waals surface area contributed by atoms with Crippen molar-refractivity contribution in [2.45, 2.75) is 32.3 Å². The van der Waals surface area contributed by atoms with Crippen molar-refractivity contribution >= 4 is 0 Å². The number of hydrogen-bond acceptors (Lipinski definition) is 2. The number of aliphatic hydroxyl groups excluding tert-OH is 1. The standard InChI is InChI=1S/C8H16O2/c1-7(9)6-8-2-4-10-5-3-8/h7-9H,2-6H2,1H3/t7-/m1/s1. The van der Waals surface area contributed by atoms with Crippen LogP contribution in [0, 0.1) is 5.92 Å². The predicted molar refractivity (Wildman–Crippen MR) is 39.8 cm³/mol. The Hall–Kier alpha value is -0.0800. The number of rotatable bonds is 2. The van der Waals surface area contributed by atoms with Crippen molar-refractivity contribution in [3.63, 3.8) is 0 Å². The molecule has 0 aromatic rings. The average Bonchev–Trinajstić information content (AvgIpc) is 1.88. The van der Waals surface area contributed by atoms with Gasteiger partial charge >= 0.3 is 0 Å². The zero-order valence-corrected chi connectivity index (χ0v) is 6.55. The van der Waals surface area contributed by atoms with E-state index >= 15 is 0 Å². The smallest absolute Gasteiger partial charge is 0.0514 e. The molecular formula is C8H16O2. The molecule has 0 spiro atoms. The molecule has 1 fully saturated rings. The summed E-state index contributed by atoms with van der Waals surface area (Å²) in [7, 11) is 0. The highest BCUT2D eigenvalue weighted by atomic mass is 16.5. The summed E-state index contributed by atoms with van der Waals surface area (Å²) in [6.07, 6.45) is 3.07. The van der Waals surface area contributed by atoms with Gasteiger partial charge in [-0.05, 0) is 32.1 Å². The van der Waals surface area contributed by atoms with E-state index in [-0.39, 0.29) is 6.10 Å². The summed E-state index contributed by atoms with van der Waals surface area (Å²) in [4.78, 5) is 0. The largest absolute Gasteiger partial charge is 0.393 e. The van der Waals surface area contributed by atoms with E-state index in [0.717, 1.165) is 32.5 Å². The maximum Gasteiger partial charge on any atom is 0.0514 e. The van der Waals surface area contributed by atoms with E-state index in [1.54, 1.807) is 0 Å². The van der Waals surface area contributed by atoms with Crippen LogP contribution in [0.2, 0.25) is 0 Å². The van der Waals surface area contributed by atoms with Gasteiger partial charge in [0.2, 0.25) is 0 Å². The Bertz CT molecular complexity index is 85.3. The van der Waals surface area contributed by atoms with Crippen molar-refractivity contribution in [3.8, 4) is 0 Å². The van der Waals surface area contributed by atoms with Gasteiger partial charge in [-0.15, -0.1) is 0 Å². The van der Waals surface area contributed by atoms with Crippen LogP contribution in [-0.2, 0) is 4.74 Å². The second-order valence-corrected chi connectivity index (χ2v) is 3.14. The van der Waals surface area contributed by atoms with E-state index in [1.165, 1.54) is 0 Å². The molecular weight excluding hydrogens is 128 g/mol. The first-order chi connectivity index (χ1) is 4.79. The monoisotopic (exact) mass is 144 g/mol. The zero-order valence-electron chi connectivity index (χ0n) is 6.55. The molecule has 60 valence electrons.